The van der Waals surface area contributed by atoms with Gasteiger partial charge in [-0.1, -0.05) is 115 Å². The van der Waals surface area contributed by atoms with E-state index in [1.54, 1.807) is 0 Å². The topological polar surface area (TPSA) is 6.48 Å². The first-order chi connectivity index (χ1) is 27.9. The first-order valence-electron chi connectivity index (χ1n) is 21.0. The van der Waals surface area contributed by atoms with Crippen LogP contribution in [-0.2, 0) is 12.8 Å². The van der Waals surface area contributed by atoms with E-state index >= 15 is 0 Å². The molecule has 1 atom stereocenters. The van der Waals surface area contributed by atoms with Gasteiger partial charge in [0.25, 0.3) is 0 Å². The average Bonchev–Trinajstić information content (AvgIpc) is 3.21. The van der Waals surface area contributed by atoms with Crippen molar-refractivity contribution in [2.75, 3.05) is 9.80 Å². The fraction of sp³-hybridized carbons (Fsp3) is 0.250. The van der Waals surface area contributed by atoms with E-state index in [2.05, 4.69) is 231 Å². The van der Waals surface area contributed by atoms with Crippen molar-refractivity contribution in [2.45, 2.75) is 94.4 Å². The average molecular weight is 763 g/mol. The highest BCUT2D eigenvalue weighted by Gasteiger charge is 2.18. The van der Waals surface area contributed by atoms with Crippen molar-refractivity contribution < 1.29 is 0 Å². The van der Waals surface area contributed by atoms with E-state index in [1.165, 1.54) is 115 Å². The van der Waals surface area contributed by atoms with E-state index in [1.807, 2.05) is 0 Å². The van der Waals surface area contributed by atoms with Crippen LogP contribution in [0.4, 0.5) is 34.1 Å². The summed E-state index contributed by atoms with van der Waals surface area (Å²) in [4.78, 5) is 4.66. The largest absolute Gasteiger partial charge is 0.311 e. The molecule has 2 nitrogen and oxygen atoms in total. The zero-order valence-corrected chi connectivity index (χ0v) is 36.5. The summed E-state index contributed by atoms with van der Waals surface area (Å²) < 4.78 is 0. The second-order valence-corrected chi connectivity index (χ2v) is 16.4. The molecule has 58 heavy (non-hydrogen) atoms. The molecule has 0 N–H and O–H groups in total. The number of hydrogen-bond donors (Lipinski definition) is 0. The first kappa shape index (κ1) is 41.8. The monoisotopic (exact) mass is 762 g/mol. The molecule has 7 aromatic carbocycles. The molecule has 0 spiro atoms. The molecular formula is C56H62N2. The Bertz CT molecular complexity index is 2240. The Morgan fingerprint density at radius 1 is 0.362 bits per heavy atom. The molecule has 1 aliphatic carbocycles. The zero-order valence-electron chi connectivity index (χ0n) is 36.5. The fourth-order valence-corrected chi connectivity index (χ4v) is 7.28. The predicted molar refractivity (Wildman–Crippen MR) is 253 cm³/mol. The van der Waals surface area contributed by atoms with Gasteiger partial charge in [0.1, 0.15) is 0 Å². The van der Waals surface area contributed by atoms with Gasteiger partial charge in [0, 0.05) is 34.1 Å². The molecule has 0 bridgehead atoms. The number of rotatable bonds is 8. The summed E-state index contributed by atoms with van der Waals surface area (Å²) in [5, 5.41) is 0. The molecule has 0 aliphatic heterocycles. The van der Waals surface area contributed by atoms with E-state index in [0.29, 0.717) is 5.92 Å². The fourth-order valence-electron chi connectivity index (χ4n) is 7.28. The molecule has 7 aromatic rings. The van der Waals surface area contributed by atoms with Gasteiger partial charge >= 0.3 is 0 Å². The van der Waals surface area contributed by atoms with Gasteiger partial charge in [-0.2, -0.15) is 0 Å². The standard InChI is InChI=1S/C24H27N.C22H21N.C10H14/c1-5-20(4)21-10-16-24(17-11-21)25(22-12-6-18(2)7-13-22)23-14-8-19(3)9-15-23;1-16-3-10-20(11-4-16)23(21-12-5-17(2)6-13-21)22-14-9-18-7-8-19(18)15-22;1-7-5-9(3)10(4)6-8(7)2/h6-17,20H,5H2,1-4H3;3-6,9-15H,7-8H2,1-2H3;5-6H,1-4H3. The van der Waals surface area contributed by atoms with Gasteiger partial charge in [-0.3, -0.25) is 0 Å². The third kappa shape index (κ3) is 10.4. The van der Waals surface area contributed by atoms with Gasteiger partial charge in [0.2, 0.25) is 0 Å². The van der Waals surface area contributed by atoms with Crippen molar-refractivity contribution in [3.8, 4) is 0 Å². The Labute approximate surface area is 349 Å². The normalized spacial score (nSPS) is 11.8. The van der Waals surface area contributed by atoms with Crippen LogP contribution >= 0.6 is 0 Å². The highest BCUT2D eigenvalue weighted by molar-refractivity contribution is 5.78. The molecule has 0 saturated heterocycles. The summed E-state index contributed by atoms with van der Waals surface area (Å²) in [6, 6.07) is 55.3. The molecule has 296 valence electrons. The lowest BCUT2D eigenvalue weighted by Crippen LogP contribution is -2.13. The van der Waals surface area contributed by atoms with E-state index in [9.17, 15) is 0 Å². The molecule has 1 aliphatic rings. The van der Waals surface area contributed by atoms with Crippen LogP contribution in [0.3, 0.4) is 0 Å². The Morgan fingerprint density at radius 2 is 0.655 bits per heavy atom. The first-order valence-corrected chi connectivity index (χ1v) is 21.0. The molecule has 0 fully saturated rings. The van der Waals surface area contributed by atoms with Crippen LogP contribution in [0.2, 0.25) is 0 Å². The second-order valence-electron chi connectivity index (χ2n) is 16.4. The number of benzene rings is 7. The number of fused-ring (bicyclic) bond motifs is 1. The molecule has 0 radical (unpaired) electrons. The lowest BCUT2D eigenvalue weighted by Gasteiger charge is -2.28. The Morgan fingerprint density at radius 3 is 0.948 bits per heavy atom. The maximum absolute atomic E-state index is 2.35. The lowest BCUT2D eigenvalue weighted by atomic mass is 9.88. The minimum Gasteiger partial charge on any atom is -0.311 e. The number of anilines is 6. The molecule has 0 amide bonds. The summed E-state index contributed by atoms with van der Waals surface area (Å²) in [6.07, 6.45) is 3.60. The van der Waals surface area contributed by atoms with E-state index < -0.39 is 0 Å². The Kier molecular flexibility index (Phi) is 13.7. The quantitative estimate of drug-likeness (QED) is 0.152. The second kappa shape index (κ2) is 19.1. The summed E-state index contributed by atoms with van der Waals surface area (Å²) in [7, 11) is 0. The summed E-state index contributed by atoms with van der Waals surface area (Å²) in [5.74, 6) is 0.598. The van der Waals surface area contributed by atoms with Crippen molar-refractivity contribution in [1.29, 1.82) is 0 Å². The van der Waals surface area contributed by atoms with E-state index in [-0.39, 0.29) is 0 Å². The molecule has 8 rings (SSSR count). The third-order valence-electron chi connectivity index (χ3n) is 11.7. The third-order valence-corrected chi connectivity index (χ3v) is 11.7. The Hall–Kier alpha value is -5.86. The van der Waals surface area contributed by atoms with Crippen LogP contribution in [0, 0.1) is 55.4 Å². The molecule has 1 unspecified atom stereocenters. The highest BCUT2D eigenvalue weighted by Crippen LogP contribution is 2.38. The van der Waals surface area contributed by atoms with Crippen LogP contribution in [0.1, 0.15) is 87.4 Å². The van der Waals surface area contributed by atoms with Crippen LogP contribution in [0.25, 0.3) is 0 Å². The van der Waals surface area contributed by atoms with Crippen molar-refractivity contribution >= 4 is 34.1 Å². The summed E-state index contributed by atoms with van der Waals surface area (Å²) in [5.41, 5.74) is 22.3. The van der Waals surface area contributed by atoms with Gasteiger partial charge in [-0.15, -0.1) is 0 Å². The maximum Gasteiger partial charge on any atom is 0.0464 e. The van der Waals surface area contributed by atoms with Gasteiger partial charge < -0.3 is 9.80 Å². The van der Waals surface area contributed by atoms with Crippen LogP contribution in [0.15, 0.2) is 152 Å². The SMILES string of the molecule is CCC(C)c1ccc(N(c2ccc(C)cc2)c2ccc(C)cc2)cc1.Cc1cc(C)c(C)cc1C.Cc1ccc(N(c2ccc(C)cc2)c2ccc3c(c2)CC3)cc1. The minimum atomic E-state index is 0.598. The smallest absolute Gasteiger partial charge is 0.0464 e. The van der Waals surface area contributed by atoms with Crippen molar-refractivity contribution in [3.05, 3.63) is 213 Å². The van der Waals surface area contributed by atoms with Gasteiger partial charge in [0.15, 0.2) is 0 Å². The maximum atomic E-state index is 2.35. The Balaban J connectivity index is 0.000000159. The van der Waals surface area contributed by atoms with Crippen LogP contribution < -0.4 is 9.80 Å². The van der Waals surface area contributed by atoms with Crippen LogP contribution in [-0.4, -0.2) is 0 Å². The van der Waals surface area contributed by atoms with Gasteiger partial charge in [0.05, 0.1) is 0 Å². The van der Waals surface area contributed by atoms with Crippen molar-refractivity contribution in [3.63, 3.8) is 0 Å². The van der Waals surface area contributed by atoms with E-state index in [0.717, 1.165) is 0 Å². The lowest BCUT2D eigenvalue weighted by molar-refractivity contribution is 0.733. The predicted octanol–water partition coefficient (Wildman–Crippen LogP) is 16.1. The van der Waals surface area contributed by atoms with E-state index in [4.69, 9.17) is 0 Å². The van der Waals surface area contributed by atoms with Gasteiger partial charge in [-0.05, 0) is 192 Å². The highest BCUT2D eigenvalue weighted by atomic mass is 15.1. The summed E-state index contributed by atoms with van der Waals surface area (Å²) in [6.45, 7) is 21.7. The number of aryl methyl sites for hydroxylation is 10. The van der Waals surface area contributed by atoms with Crippen LogP contribution in [0.5, 0.6) is 0 Å². The van der Waals surface area contributed by atoms with Crippen molar-refractivity contribution in [2.24, 2.45) is 0 Å². The number of nitrogens with zero attached hydrogens (tertiary/aromatic N) is 2. The number of hydrogen-bond acceptors (Lipinski definition) is 2. The van der Waals surface area contributed by atoms with Gasteiger partial charge in [-0.25, -0.2) is 0 Å². The van der Waals surface area contributed by atoms with Crippen molar-refractivity contribution in [1.82, 2.24) is 0 Å². The molecule has 2 heteroatoms. The molecule has 0 saturated carbocycles. The minimum absolute atomic E-state index is 0.598. The molecule has 0 aromatic heterocycles. The zero-order chi connectivity index (χ0) is 41.3. The summed E-state index contributed by atoms with van der Waals surface area (Å²) >= 11 is 0. The molecule has 0 heterocycles. The molecular weight excluding hydrogens is 701 g/mol.